The molecule has 0 saturated heterocycles. The highest BCUT2D eigenvalue weighted by molar-refractivity contribution is 5.74. The zero-order valence-corrected chi connectivity index (χ0v) is 8.75. The maximum atomic E-state index is 10.6. The van der Waals surface area contributed by atoms with Crippen LogP contribution in [0.5, 0.6) is 0 Å². The van der Waals surface area contributed by atoms with Crippen molar-refractivity contribution in [1.82, 2.24) is 5.32 Å². The lowest BCUT2D eigenvalue weighted by atomic mass is 10.0. The molecule has 82 valence electrons. The number of primary amides is 1. The second kappa shape index (κ2) is 4.75. The Labute approximate surface area is 84.9 Å². The molecule has 1 rings (SSSR count). The second-order valence-corrected chi connectivity index (χ2v) is 4.38. The highest BCUT2D eigenvalue weighted by Crippen LogP contribution is 2.28. The van der Waals surface area contributed by atoms with Crippen molar-refractivity contribution < 1.29 is 9.90 Å². The van der Waals surface area contributed by atoms with Gasteiger partial charge in [-0.25, -0.2) is 0 Å². The first kappa shape index (κ1) is 11.5. The van der Waals surface area contributed by atoms with Crippen LogP contribution in [-0.2, 0) is 4.79 Å². The van der Waals surface area contributed by atoms with Gasteiger partial charge in [-0.2, -0.15) is 0 Å². The maximum Gasteiger partial charge on any atom is 0.218 e. The maximum absolute atomic E-state index is 10.6. The van der Waals surface area contributed by atoms with E-state index in [1.807, 2.05) is 6.92 Å². The summed E-state index contributed by atoms with van der Waals surface area (Å²) in [4.78, 5) is 10.6. The van der Waals surface area contributed by atoms with Gasteiger partial charge in [0.2, 0.25) is 5.91 Å². The lowest BCUT2D eigenvalue weighted by molar-refractivity contribution is -0.118. The monoisotopic (exact) mass is 200 g/mol. The smallest absolute Gasteiger partial charge is 0.218 e. The topological polar surface area (TPSA) is 75.4 Å². The van der Waals surface area contributed by atoms with Crippen LogP contribution in [0.4, 0.5) is 0 Å². The Hall–Kier alpha value is -0.610. The van der Waals surface area contributed by atoms with E-state index in [2.05, 4.69) is 5.32 Å². The molecule has 14 heavy (non-hydrogen) atoms. The molecule has 4 heteroatoms. The fourth-order valence-electron chi connectivity index (χ4n) is 1.95. The third kappa shape index (κ3) is 3.64. The van der Waals surface area contributed by atoms with Gasteiger partial charge >= 0.3 is 0 Å². The van der Waals surface area contributed by atoms with E-state index in [0.717, 1.165) is 25.7 Å². The number of hydrogen-bond acceptors (Lipinski definition) is 3. The first-order valence-corrected chi connectivity index (χ1v) is 5.26. The third-order valence-electron chi connectivity index (χ3n) is 2.82. The Kier molecular flexibility index (Phi) is 3.89. The van der Waals surface area contributed by atoms with Crippen LogP contribution < -0.4 is 11.1 Å². The van der Waals surface area contributed by atoms with Crippen LogP contribution in [0.1, 0.15) is 39.0 Å². The largest absolute Gasteiger partial charge is 0.389 e. The van der Waals surface area contributed by atoms with Crippen LogP contribution >= 0.6 is 0 Å². The summed E-state index contributed by atoms with van der Waals surface area (Å²) < 4.78 is 0. The molecule has 4 nitrogen and oxygen atoms in total. The van der Waals surface area contributed by atoms with E-state index in [4.69, 9.17) is 5.73 Å². The van der Waals surface area contributed by atoms with Gasteiger partial charge in [0, 0.05) is 19.0 Å². The van der Waals surface area contributed by atoms with Gasteiger partial charge in [0.25, 0.3) is 0 Å². The number of rotatable bonds is 5. The quantitative estimate of drug-likeness (QED) is 0.591. The summed E-state index contributed by atoms with van der Waals surface area (Å²) in [6.45, 7) is 2.48. The van der Waals surface area contributed by atoms with E-state index in [1.54, 1.807) is 0 Å². The van der Waals surface area contributed by atoms with Gasteiger partial charge in [-0.05, 0) is 19.8 Å². The van der Waals surface area contributed by atoms with Crippen LogP contribution in [-0.4, -0.2) is 29.2 Å². The van der Waals surface area contributed by atoms with Crippen LogP contribution in [0.3, 0.4) is 0 Å². The van der Waals surface area contributed by atoms with Crippen molar-refractivity contribution in [3.05, 3.63) is 0 Å². The van der Waals surface area contributed by atoms with Gasteiger partial charge in [0.1, 0.15) is 0 Å². The molecule has 1 aliphatic rings. The van der Waals surface area contributed by atoms with E-state index in [0.29, 0.717) is 13.0 Å². The van der Waals surface area contributed by atoms with Gasteiger partial charge in [-0.3, -0.25) is 4.79 Å². The summed E-state index contributed by atoms with van der Waals surface area (Å²) in [6.07, 6.45) is 4.26. The van der Waals surface area contributed by atoms with Crippen molar-refractivity contribution in [2.24, 2.45) is 5.73 Å². The Morgan fingerprint density at radius 1 is 1.57 bits per heavy atom. The molecule has 0 aromatic carbocycles. The summed E-state index contributed by atoms with van der Waals surface area (Å²) in [6, 6.07) is 0.0529. The molecule has 1 aliphatic carbocycles. The number of carbonyl (C=O) groups is 1. The molecular weight excluding hydrogens is 180 g/mol. The van der Waals surface area contributed by atoms with E-state index in [9.17, 15) is 9.90 Å². The SMILES string of the molecule is CC(CC(N)=O)NCC1(O)CCCC1. The summed E-state index contributed by atoms with van der Waals surface area (Å²) >= 11 is 0. The lowest BCUT2D eigenvalue weighted by Crippen LogP contribution is -2.42. The summed E-state index contributed by atoms with van der Waals surface area (Å²) in [5.74, 6) is -0.302. The third-order valence-corrected chi connectivity index (χ3v) is 2.82. The fraction of sp³-hybridized carbons (Fsp3) is 0.900. The Morgan fingerprint density at radius 3 is 2.64 bits per heavy atom. The molecule has 4 N–H and O–H groups in total. The molecule has 0 bridgehead atoms. The van der Waals surface area contributed by atoms with Gasteiger partial charge in [0.15, 0.2) is 0 Å². The number of nitrogens with two attached hydrogens (primary N) is 1. The van der Waals surface area contributed by atoms with Gasteiger partial charge < -0.3 is 16.2 Å². The number of hydrogen-bond donors (Lipinski definition) is 3. The zero-order chi connectivity index (χ0) is 10.6. The van der Waals surface area contributed by atoms with Crippen LogP contribution in [0.15, 0.2) is 0 Å². The van der Waals surface area contributed by atoms with E-state index in [1.165, 1.54) is 0 Å². The van der Waals surface area contributed by atoms with E-state index >= 15 is 0 Å². The highest BCUT2D eigenvalue weighted by atomic mass is 16.3. The van der Waals surface area contributed by atoms with Crippen molar-refractivity contribution in [2.75, 3.05) is 6.54 Å². The lowest BCUT2D eigenvalue weighted by Gasteiger charge is -2.24. The van der Waals surface area contributed by atoms with Crippen molar-refractivity contribution in [1.29, 1.82) is 0 Å². The molecular formula is C10H20N2O2. The number of carbonyl (C=O) groups excluding carboxylic acids is 1. The summed E-state index contributed by atoms with van der Waals surface area (Å²) in [5, 5.41) is 13.1. The average Bonchev–Trinajstić information content (AvgIpc) is 2.49. The molecule has 0 aromatic rings. The normalized spacial score (nSPS) is 22.1. The van der Waals surface area contributed by atoms with Gasteiger partial charge in [-0.15, -0.1) is 0 Å². The minimum Gasteiger partial charge on any atom is -0.389 e. The molecule has 0 radical (unpaired) electrons. The summed E-state index contributed by atoms with van der Waals surface area (Å²) in [7, 11) is 0. The Bertz CT molecular complexity index is 200. The molecule has 1 unspecified atom stereocenters. The molecule has 1 fully saturated rings. The minimum absolute atomic E-state index is 0.0529. The van der Waals surface area contributed by atoms with Crippen molar-refractivity contribution in [3.8, 4) is 0 Å². The zero-order valence-electron chi connectivity index (χ0n) is 8.75. The van der Waals surface area contributed by atoms with Crippen molar-refractivity contribution >= 4 is 5.91 Å². The summed E-state index contributed by atoms with van der Waals surface area (Å²) in [5.41, 5.74) is 4.52. The van der Waals surface area contributed by atoms with Gasteiger partial charge in [-0.1, -0.05) is 12.8 Å². The van der Waals surface area contributed by atoms with Crippen LogP contribution in [0, 0.1) is 0 Å². The average molecular weight is 200 g/mol. The Balaban J connectivity index is 2.22. The van der Waals surface area contributed by atoms with E-state index in [-0.39, 0.29) is 11.9 Å². The Morgan fingerprint density at radius 2 is 2.14 bits per heavy atom. The van der Waals surface area contributed by atoms with Crippen molar-refractivity contribution in [2.45, 2.75) is 50.7 Å². The van der Waals surface area contributed by atoms with Crippen molar-refractivity contribution in [3.63, 3.8) is 0 Å². The molecule has 1 saturated carbocycles. The number of aliphatic hydroxyl groups is 1. The fourth-order valence-corrected chi connectivity index (χ4v) is 1.95. The standard InChI is InChI=1S/C10H20N2O2/c1-8(6-9(11)13)12-7-10(14)4-2-3-5-10/h8,12,14H,2-7H2,1H3,(H2,11,13). The second-order valence-electron chi connectivity index (χ2n) is 4.38. The minimum atomic E-state index is -0.550. The molecule has 0 aromatic heterocycles. The number of amides is 1. The van der Waals surface area contributed by atoms with Crippen LogP contribution in [0.2, 0.25) is 0 Å². The first-order valence-electron chi connectivity index (χ1n) is 5.26. The first-order chi connectivity index (χ1) is 6.52. The number of nitrogens with one attached hydrogen (secondary N) is 1. The molecule has 0 aliphatic heterocycles. The molecule has 0 heterocycles. The molecule has 0 spiro atoms. The molecule has 1 atom stereocenters. The molecule has 1 amide bonds. The predicted octanol–water partition coefficient (Wildman–Crippen LogP) is 0.145. The van der Waals surface area contributed by atoms with E-state index < -0.39 is 5.60 Å². The van der Waals surface area contributed by atoms with Gasteiger partial charge in [0.05, 0.1) is 5.60 Å². The van der Waals surface area contributed by atoms with Crippen LogP contribution in [0.25, 0.3) is 0 Å². The predicted molar refractivity (Wildman–Crippen MR) is 54.7 cm³/mol. The highest BCUT2D eigenvalue weighted by Gasteiger charge is 2.30.